The van der Waals surface area contributed by atoms with Crippen molar-refractivity contribution in [1.82, 2.24) is 9.13 Å². The van der Waals surface area contributed by atoms with Crippen molar-refractivity contribution >= 4 is 17.6 Å². The zero-order chi connectivity index (χ0) is 17.5. The van der Waals surface area contributed by atoms with Gasteiger partial charge in [0, 0.05) is 18.3 Å². The third-order valence-corrected chi connectivity index (χ3v) is 4.00. The smallest absolute Gasteiger partial charge is 0.337 e. The Labute approximate surface area is 135 Å². The summed E-state index contributed by atoms with van der Waals surface area (Å²) in [4.78, 5) is 36.0. The molecule has 1 aromatic heterocycles. The molecule has 0 aliphatic carbocycles. The van der Waals surface area contributed by atoms with Gasteiger partial charge in [0.15, 0.2) is 0 Å². The average molecular weight is 341 g/mol. The van der Waals surface area contributed by atoms with Crippen LogP contribution in [0.5, 0.6) is 0 Å². The van der Waals surface area contributed by atoms with Crippen molar-refractivity contribution in [2.75, 3.05) is 0 Å². The third-order valence-electron chi connectivity index (χ3n) is 3.68. The number of aromatic carboxylic acids is 1. The fourth-order valence-electron chi connectivity index (χ4n) is 2.48. The Morgan fingerprint density at radius 1 is 1.35 bits per heavy atom. The maximum absolute atomic E-state index is 14.2. The monoisotopic (exact) mass is 340 g/mol. The molecule has 2 aromatic rings. The predicted octanol–water partition coefficient (Wildman–Crippen LogP) is 1.90. The van der Waals surface area contributed by atoms with Gasteiger partial charge >= 0.3 is 11.7 Å². The molecule has 8 heteroatoms. The van der Waals surface area contributed by atoms with Crippen LogP contribution in [0.2, 0.25) is 5.02 Å². The second kappa shape index (κ2) is 6.00. The first-order valence-electron chi connectivity index (χ1n) is 6.74. The number of nitrogens with zero attached hydrogens (tertiary/aromatic N) is 2. The fourth-order valence-corrected chi connectivity index (χ4v) is 2.71. The van der Waals surface area contributed by atoms with Crippen LogP contribution < -0.4 is 11.2 Å². The SMILES string of the molecule is CCc1c(C)c(=O)n(-c2cc(C(=O)O)c(Cl)cc2F)c(=O)n1C. The van der Waals surface area contributed by atoms with Crippen molar-refractivity contribution in [2.24, 2.45) is 7.05 Å². The minimum absolute atomic E-state index is 0.292. The molecule has 0 aliphatic rings. The van der Waals surface area contributed by atoms with Crippen LogP contribution in [0, 0.1) is 12.7 Å². The second-order valence-corrected chi connectivity index (χ2v) is 5.40. The molecule has 0 amide bonds. The van der Waals surface area contributed by atoms with Crippen LogP contribution in [0.25, 0.3) is 5.69 Å². The van der Waals surface area contributed by atoms with Crippen molar-refractivity contribution in [1.29, 1.82) is 0 Å². The zero-order valence-corrected chi connectivity index (χ0v) is 13.4. The number of carboxylic acid groups (broad SMARTS) is 1. The summed E-state index contributed by atoms with van der Waals surface area (Å²) in [5.74, 6) is -2.34. The highest BCUT2D eigenvalue weighted by Crippen LogP contribution is 2.22. The van der Waals surface area contributed by atoms with E-state index in [9.17, 15) is 18.8 Å². The highest BCUT2D eigenvalue weighted by atomic mass is 35.5. The third kappa shape index (κ3) is 2.68. The molecule has 23 heavy (non-hydrogen) atoms. The lowest BCUT2D eigenvalue weighted by molar-refractivity contribution is 0.0697. The Bertz CT molecular complexity index is 893. The highest BCUT2D eigenvalue weighted by molar-refractivity contribution is 6.33. The number of benzene rings is 1. The lowest BCUT2D eigenvalue weighted by atomic mass is 10.1. The summed E-state index contributed by atoms with van der Waals surface area (Å²) in [5, 5.41) is 8.77. The molecule has 1 N–H and O–H groups in total. The molecule has 0 saturated carbocycles. The van der Waals surface area contributed by atoms with Crippen LogP contribution in [0.15, 0.2) is 21.7 Å². The van der Waals surface area contributed by atoms with Gasteiger partial charge in [-0.15, -0.1) is 0 Å². The maximum atomic E-state index is 14.2. The van der Waals surface area contributed by atoms with Crippen molar-refractivity contribution in [3.63, 3.8) is 0 Å². The molecule has 0 unspecified atom stereocenters. The van der Waals surface area contributed by atoms with Gasteiger partial charge in [-0.3, -0.25) is 4.79 Å². The first kappa shape index (κ1) is 17.0. The summed E-state index contributed by atoms with van der Waals surface area (Å²) in [6.45, 7) is 3.32. The molecule has 1 aromatic carbocycles. The number of rotatable bonds is 3. The van der Waals surface area contributed by atoms with E-state index in [-0.39, 0.29) is 5.02 Å². The van der Waals surface area contributed by atoms with E-state index >= 15 is 0 Å². The van der Waals surface area contributed by atoms with E-state index in [4.69, 9.17) is 16.7 Å². The summed E-state index contributed by atoms with van der Waals surface area (Å²) in [6, 6.07) is 1.66. The van der Waals surface area contributed by atoms with Gasteiger partial charge in [0.05, 0.1) is 16.3 Å². The van der Waals surface area contributed by atoms with E-state index in [0.717, 1.165) is 12.1 Å². The number of aromatic nitrogens is 2. The van der Waals surface area contributed by atoms with Gasteiger partial charge in [-0.25, -0.2) is 18.5 Å². The maximum Gasteiger partial charge on any atom is 0.337 e. The number of hydrogen-bond acceptors (Lipinski definition) is 3. The summed E-state index contributed by atoms with van der Waals surface area (Å²) < 4.78 is 16.1. The van der Waals surface area contributed by atoms with Crippen molar-refractivity contribution in [2.45, 2.75) is 20.3 Å². The van der Waals surface area contributed by atoms with Crippen LogP contribution in [-0.2, 0) is 13.5 Å². The number of halogens is 2. The van der Waals surface area contributed by atoms with Crippen LogP contribution in [0.1, 0.15) is 28.5 Å². The molecule has 0 saturated heterocycles. The first-order chi connectivity index (χ1) is 10.7. The van der Waals surface area contributed by atoms with Gasteiger partial charge in [0.1, 0.15) is 5.82 Å². The number of carbonyl (C=O) groups is 1. The van der Waals surface area contributed by atoms with E-state index in [0.29, 0.717) is 22.2 Å². The number of hydrogen-bond donors (Lipinski definition) is 1. The number of carboxylic acids is 1. The molecular formula is C15H14ClFN2O4. The fraction of sp³-hybridized carbons (Fsp3) is 0.267. The van der Waals surface area contributed by atoms with E-state index in [2.05, 4.69) is 0 Å². The Balaban J connectivity index is 2.94. The Morgan fingerprint density at radius 3 is 2.48 bits per heavy atom. The van der Waals surface area contributed by atoms with Gasteiger partial charge in [-0.2, -0.15) is 0 Å². The van der Waals surface area contributed by atoms with Crippen LogP contribution in [0.3, 0.4) is 0 Å². The molecule has 1 heterocycles. The lowest BCUT2D eigenvalue weighted by Crippen LogP contribution is -2.41. The van der Waals surface area contributed by atoms with Gasteiger partial charge in [0.2, 0.25) is 0 Å². The Hall–Kier alpha value is -2.41. The topological polar surface area (TPSA) is 81.3 Å². The summed E-state index contributed by atoms with van der Waals surface area (Å²) in [7, 11) is 1.47. The molecule has 2 rings (SSSR count). The Morgan fingerprint density at radius 2 is 1.96 bits per heavy atom. The van der Waals surface area contributed by atoms with E-state index in [1.165, 1.54) is 18.5 Å². The molecule has 0 spiro atoms. The molecule has 0 fully saturated rings. The average Bonchev–Trinajstić information content (AvgIpc) is 2.47. The molecule has 0 aliphatic heterocycles. The van der Waals surface area contributed by atoms with E-state index in [1.54, 1.807) is 6.92 Å². The Kier molecular flexibility index (Phi) is 4.42. The molecule has 0 radical (unpaired) electrons. The molecule has 122 valence electrons. The molecule has 0 atom stereocenters. The summed E-state index contributed by atoms with van der Waals surface area (Å²) in [5.41, 5.74) is -1.46. The lowest BCUT2D eigenvalue weighted by Gasteiger charge is -2.15. The van der Waals surface area contributed by atoms with Crippen LogP contribution in [0.4, 0.5) is 4.39 Å². The molecule has 0 bridgehead atoms. The van der Waals surface area contributed by atoms with Gasteiger partial charge < -0.3 is 9.67 Å². The van der Waals surface area contributed by atoms with Gasteiger partial charge in [-0.1, -0.05) is 18.5 Å². The molecular weight excluding hydrogens is 327 g/mol. The first-order valence-corrected chi connectivity index (χ1v) is 7.12. The second-order valence-electron chi connectivity index (χ2n) is 5.00. The zero-order valence-electron chi connectivity index (χ0n) is 12.7. The van der Waals surface area contributed by atoms with Gasteiger partial charge in [0.25, 0.3) is 5.56 Å². The summed E-state index contributed by atoms with van der Waals surface area (Å²) in [6.07, 6.45) is 0.455. The highest BCUT2D eigenvalue weighted by Gasteiger charge is 2.20. The van der Waals surface area contributed by atoms with Crippen molar-refractivity contribution in [3.8, 4) is 5.69 Å². The minimum Gasteiger partial charge on any atom is -0.478 e. The standard InChI is InChI=1S/C15H14ClFN2O4/c1-4-11-7(2)13(20)19(15(23)18(11)3)12-5-8(14(21)22)9(16)6-10(12)17/h5-6H,4H2,1-3H3,(H,21,22). The normalized spacial score (nSPS) is 10.8. The quantitative estimate of drug-likeness (QED) is 0.925. The minimum atomic E-state index is -1.39. The van der Waals surface area contributed by atoms with Crippen LogP contribution >= 0.6 is 11.6 Å². The van der Waals surface area contributed by atoms with E-state index < -0.39 is 34.3 Å². The summed E-state index contributed by atoms with van der Waals surface area (Å²) >= 11 is 5.68. The largest absolute Gasteiger partial charge is 0.478 e. The van der Waals surface area contributed by atoms with Crippen LogP contribution in [-0.4, -0.2) is 20.2 Å². The van der Waals surface area contributed by atoms with Crippen molar-refractivity contribution < 1.29 is 14.3 Å². The van der Waals surface area contributed by atoms with Gasteiger partial charge in [-0.05, 0) is 25.5 Å². The predicted molar refractivity (Wildman–Crippen MR) is 83.3 cm³/mol. The molecule has 6 nitrogen and oxygen atoms in total. The van der Waals surface area contributed by atoms with Crippen molar-refractivity contribution in [3.05, 3.63) is 60.6 Å². The van der Waals surface area contributed by atoms with E-state index in [1.807, 2.05) is 0 Å².